The number of benzene rings is 1. The van der Waals surface area contributed by atoms with Crippen LogP contribution in [0.3, 0.4) is 0 Å². The van der Waals surface area contributed by atoms with Crippen LogP contribution >= 0.6 is 0 Å². The number of carbonyl (C=O) groups is 1. The summed E-state index contributed by atoms with van der Waals surface area (Å²) in [6, 6.07) is 4.89. The van der Waals surface area contributed by atoms with Gasteiger partial charge in [0, 0.05) is 0 Å². The Labute approximate surface area is 148 Å². The van der Waals surface area contributed by atoms with Crippen LogP contribution in [0.4, 0.5) is 0 Å². The maximum absolute atomic E-state index is 11.9. The Morgan fingerprint density at radius 2 is 1.68 bits per heavy atom. The lowest BCUT2D eigenvalue weighted by Crippen LogP contribution is -2.49. The number of rotatable bonds is 6. The molecule has 1 aromatic rings. The molecule has 0 saturated carbocycles. The average molecular weight is 358 g/mol. The zero-order valence-corrected chi connectivity index (χ0v) is 15.4. The van der Waals surface area contributed by atoms with Gasteiger partial charge in [0.1, 0.15) is 22.7 Å². The Bertz CT molecular complexity index is 549. The number of hydrogen-bond acceptors (Lipinski definition) is 8. The molecule has 4 N–H and O–H groups in total. The standard InChI is InChI=1S/C16H24O5.BH3O3/c1-7-20-14(17)12-10-11(8-9-13(12)19-6)21-16(4,5)15(2,3)18;2-1(3)4/h8-10,18H,7H2,1-6H3;2-4H. The van der Waals surface area contributed by atoms with Crippen LogP contribution in [0.1, 0.15) is 45.0 Å². The molecule has 0 amide bonds. The fourth-order valence-corrected chi connectivity index (χ4v) is 1.54. The van der Waals surface area contributed by atoms with Gasteiger partial charge in [0.2, 0.25) is 0 Å². The van der Waals surface area contributed by atoms with Crippen molar-refractivity contribution in [2.75, 3.05) is 13.7 Å². The van der Waals surface area contributed by atoms with Crippen molar-refractivity contribution in [2.24, 2.45) is 0 Å². The highest BCUT2D eigenvalue weighted by Gasteiger charge is 2.37. The highest BCUT2D eigenvalue weighted by atomic mass is 16.5. The summed E-state index contributed by atoms with van der Waals surface area (Å²) in [6.45, 7) is 8.92. The molecule has 0 aliphatic carbocycles. The maximum atomic E-state index is 11.9. The third-order valence-corrected chi connectivity index (χ3v) is 3.51. The zero-order valence-electron chi connectivity index (χ0n) is 15.4. The third kappa shape index (κ3) is 7.74. The van der Waals surface area contributed by atoms with Crippen LogP contribution in [0, 0.1) is 0 Å². The summed E-state index contributed by atoms with van der Waals surface area (Å²) in [5, 5.41) is 31.6. The highest BCUT2D eigenvalue weighted by Crippen LogP contribution is 2.31. The number of carbonyl (C=O) groups excluding carboxylic acids is 1. The normalized spacial score (nSPS) is 11.1. The number of hydrogen-bond donors (Lipinski definition) is 4. The van der Waals surface area contributed by atoms with Gasteiger partial charge in [0.25, 0.3) is 0 Å². The highest BCUT2D eigenvalue weighted by molar-refractivity contribution is 6.30. The van der Waals surface area contributed by atoms with Gasteiger partial charge in [-0.3, -0.25) is 0 Å². The smallest absolute Gasteiger partial charge is 0.496 e. The van der Waals surface area contributed by atoms with Crippen molar-refractivity contribution in [1.82, 2.24) is 0 Å². The minimum Gasteiger partial charge on any atom is -0.496 e. The molecule has 0 unspecified atom stereocenters. The Kier molecular flexibility index (Phi) is 8.92. The summed E-state index contributed by atoms with van der Waals surface area (Å²) in [6.07, 6.45) is 0. The Balaban J connectivity index is 0.00000129. The van der Waals surface area contributed by atoms with Crippen molar-refractivity contribution in [3.63, 3.8) is 0 Å². The van der Waals surface area contributed by atoms with E-state index in [-0.39, 0.29) is 6.61 Å². The molecule has 0 radical (unpaired) electrons. The molecule has 8 nitrogen and oxygen atoms in total. The molecule has 0 heterocycles. The largest absolute Gasteiger partial charge is 0.631 e. The van der Waals surface area contributed by atoms with Gasteiger partial charge in [-0.25, -0.2) is 4.79 Å². The second-order valence-corrected chi connectivity index (χ2v) is 6.10. The van der Waals surface area contributed by atoms with Gasteiger partial charge in [-0.1, -0.05) is 0 Å². The molecule has 25 heavy (non-hydrogen) atoms. The van der Waals surface area contributed by atoms with Crippen LogP contribution in [-0.2, 0) is 4.74 Å². The number of aliphatic hydroxyl groups is 1. The van der Waals surface area contributed by atoms with Gasteiger partial charge in [0.05, 0.1) is 19.3 Å². The van der Waals surface area contributed by atoms with Crippen LogP contribution in [-0.4, -0.2) is 58.4 Å². The van der Waals surface area contributed by atoms with Gasteiger partial charge in [0.15, 0.2) is 0 Å². The Morgan fingerprint density at radius 3 is 2.08 bits per heavy atom. The minimum atomic E-state index is -2.17. The van der Waals surface area contributed by atoms with Gasteiger partial charge in [-0.15, -0.1) is 0 Å². The first-order valence-electron chi connectivity index (χ1n) is 7.66. The molecular formula is C16H27BO8. The van der Waals surface area contributed by atoms with E-state index < -0.39 is 24.5 Å². The zero-order chi connectivity index (χ0) is 19.8. The molecule has 0 spiro atoms. The number of ether oxygens (including phenoxy) is 3. The van der Waals surface area contributed by atoms with E-state index in [4.69, 9.17) is 29.3 Å². The second-order valence-electron chi connectivity index (χ2n) is 6.10. The van der Waals surface area contributed by atoms with Crippen LogP contribution in [0.2, 0.25) is 0 Å². The summed E-state index contributed by atoms with van der Waals surface area (Å²) in [7, 11) is -0.681. The van der Waals surface area contributed by atoms with Crippen molar-refractivity contribution in [3.8, 4) is 11.5 Å². The van der Waals surface area contributed by atoms with Crippen LogP contribution < -0.4 is 9.47 Å². The second kappa shape index (κ2) is 9.62. The molecule has 0 fully saturated rings. The molecule has 0 atom stereocenters. The molecule has 0 aliphatic rings. The van der Waals surface area contributed by atoms with Crippen LogP contribution in [0.25, 0.3) is 0 Å². The van der Waals surface area contributed by atoms with Gasteiger partial charge in [-0.2, -0.15) is 0 Å². The minimum absolute atomic E-state index is 0.280. The van der Waals surface area contributed by atoms with Crippen LogP contribution in [0.5, 0.6) is 11.5 Å². The predicted molar refractivity (Wildman–Crippen MR) is 92.4 cm³/mol. The van der Waals surface area contributed by atoms with Crippen molar-refractivity contribution >= 4 is 13.3 Å². The van der Waals surface area contributed by atoms with E-state index in [2.05, 4.69) is 0 Å². The quantitative estimate of drug-likeness (QED) is 0.434. The first-order chi connectivity index (χ1) is 11.4. The van der Waals surface area contributed by atoms with Crippen LogP contribution in [0.15, 0.2) is 18.2 Å². The third-order valence-electron chi connectivity index (χ3n) is 3.51. The van der Waals surface area contributed by atoms with Gasteiger partial charge < -0.3 is 34.4 Å². The van der Waals surface area contributed by atoms with E-state index in [0.29, 0.717) is 17.1 Å². The number of esters is 1. The summed E-state index contributed by atoms with van der Waals surface area (Å²) in [4.78, 5) is 11.9. The summed E-state index contributed by atoms with van der Waals surface area (Å²) in [5.74, 6) is 0.411. The molecule has 0 aliphatic heterocycles. The average Bonchev–Trinajstić information content (AvgIpc) is 2.45. The SMILES string of the molecule is CCOC(=O)c1cc(OC(C)(C)C(C)(C)O)ccc1OC.OB(O)O. The number of methoxy groups -OCH3 is 1. The van der Waals surface area contributed by atoms with Crippen molar-refractivity contribution in [2.45, 2.75) is 45.8 Å². The van der Waals surface area contributed by atoms with E-state index in [1.165, 1.54) is 7.11 Å². The van der Waals surface area contributed by atoms with Crippen molar-refractivity contribution in [3.05, 3.63) is 23.8 Å². The predicted octanol–water partition coefficient (Wildman–Crippen LogP) is 0.748. The molecule has 0 aromatic heterocycles. The van der Waals surface area contributed by atoms with E-state index >= 15 is 0 Å². The summed E-state index contributed by atoms with van der Waals surface area (Å²) < 4.78 is 16.0. The fourth-order valence-electron chi connectivity index (χ4n) is 1.54. The van der Waals surface area contributed by atoms with E-state index in [9.17, 15) is 9.90 Å². The van der Waals surface area contributed by atoms with E-state index in [1.54, 1.807) is 52.8 Å². The molecule has 1 rings (SSSR count). The lowest BCUT2D eigenvalue weighted by Gasteiger charge is -2.37. The van der Waals surface area contributed by atoms with E-state index in [1.807, 2.05) is 0 Å². The lowest BCUT2D eigenvalue weighted by atomic mass is 9.89. The molecule has 9 heteroatoms. The monoisotopic (exact) mass is 358 g/mol. The Hall–Kier alpha value is -1.81. The molecule has 142 valence electrons. The first-order valence-corrected chi connectivity index (χ1v) is 7.66. The van der Waals surface area contributed by atoms with Gasteiger partial charge >= 0.3 is 13.3 Å². The molecular weight excluding hydrogens is 331 g/mol. The molecule has 0 saturated heterocycles. The Morgan fingerprint density at radius 1 is 1.16 bits per heavy atom. The first kappa shape index (κ1) is 23.2. The molecule has 0 bridgehead atoms. The van der Waals surface area contributed by atoms with Crippen molar-refractivity contribution in [1.29, 1.82) is 0 Å². The maximum Gasteiger partial charge on any atom is 0.631 e. The molecule has 1 aromatic carbocycles. The van der Waals surface area contributed by atoms with Crippen molar-refractivity contribution < 1.29 is 39.2 Å². The fraction of sp³-hybridized carbons (Fsp3) is 0.562. The summed E-state index contributed by atoms with van der Waals surface area (Å²) >= 11 is 0. The summed E-state index contributed by atoms with van der Waals surface area (Å²) in [5.41, 5.74) is -1.58. The topological polar surface area (TPSA) is 126 Å². The van der Waals surface area contributed by atoms with Gasteiger partial charge in [-0.05, 0) is 52.8 Å². The van der Waals surface area contributed by atoms with E-state index in [0.717, 1.165) is 0 Å². The lowest BCUT2D eigenvalue weighted by molar-refractivity contribution is -0.0907.